The van der Waals surface area contributed by atoms with Crippen LogP contribution >= 0.6 is 11.6 Å². The SMILES string of the molecule is Nc1cc(NC(=O)c2cc(F)cc(C(F)(F)F)c2)c2c(n1)C(=O)NC2c1cc(F)ccc1Cl. The molecule has 2 heterocycles. The van der Waals surface area contributed by atoms with E-state index in [9.17, 15) is 31.5 Å². The van der Waals surface area contributed by atoms with Gasteiger partial charge < -0.3 is 16.4 Å². The molecule has 33 heavy (non-hydrogen) atoms. The van der Waals surface area contributed by atoms with Crippen LogP contribution in [-0.2, 0) is 6.18 Å². The lowest BCUT2D eigenvalue weighted by atomic mass is 9.98. The maximum atomic E-state index is 13.8. The molecule has 3 aromatic rings. The Morgan fingerprint density at radius 1 is 1.09 bits per heavy atom. The van der Waals surface area contributed by atoms with Crippen LogP contribution in [0.25, 0.3) is 0 Å². The fourth-order valence-corrected chi connectivity index (χ4v) is 3.69. The quantitative estimate of drug-likeness (QED) is 0.471. The zero-order valence-corrected chi connectivity index (χ0v) is 17.0. The molecule has 0 radical (unpaired) electrons. The number of amides is 2. The largest absolute Gasteiger partial charge is 0.416 e. The van der Waals surface area contributed by atoms with Crippen molar-refractivity contribution in [3.8, 4) is 0 Å². The number of nitrogens with zero attached hydrogens (tertiary/aromatic N) is 1. The summed E-state index contributed by atoms with van der Waals surface area (Å²) < 4.78 is 66.6. The number of nitrogens with one attached hydrogen (secondary N) is 2. The molecule has 0 bridgehead atoms. The molecule has 0 saturated carbocycles. The van der Waals surface area contributed by atoms with E-state index >= 15 is 0 Å². The average Bonchev–Trinajstić information content (AvgIpc) is 3.05. The van der Waals surface area contributed by atoms with Crippen molar-refractivity contribution in [2.45, 2.75) is 12.2 Å². The normalized spacial score (nSPS) is 15.2. The standard InChI is InChI=1S/C21H12ClF5N4O2/c22-13-2-1-10(23)6-12(13)17-16-14(7-15(28)30-18(16)20(33)31-17)29-19(32)8-3-9(21(25,26)27)5-11(24)4-8/h1-7,17H,(H,31,33)(H3,28,29,30,32). The fraction of sp³-hybridized carbons (Fsp3) is 0.0952. The predicted molar refractivity (Wildman–Crippen MR) is 109 cm³/mol. The second-order valence-electron chi connectivity index (χ2n) is 7.11. The molecular weight excluding hydrogens is 471 g/mol. The van der Waals surface area contributed by atoms with Crippen molar-refractivity contribution in [3.63, 3.8) is 0 Å². The molecule has 12 heteroatoms. The molecule has 0 fully saturated rings. The molecule has 6 nitrogen and oxygen atoms in total. The van der Waals surface area contributed by atoms with Gasteiger partial charge in [0.1, 0.15) is 23.1 Å². The Labute approximate surface area is 187 Å². The first-order chi connectivity index (χ1) is 15.4. The molecule has 4 rings (SSSR count). The summed E-state index contributed by atoms with van der Waals surface area (Å²) in [6.45, 7) is 0. The molecule has 2 aromatic carbocycles. The van der Waals surface area contributed by atoms with Crippen molar-refractivity contribution in [2.75, 3.05) is 11.1 Å². The minimum atomic E-state index is -4.88. The number of alkyl halides is 3. The Balaban J connectivity index is 1.79. The van der Waals surface area contributed by atoms with Gasteiger partial charge in [-0.1, -0.05) is 11.6 Å². The van der Waals surface area contributed by atoms with E-state index in [1.165, 1.54) is 12.1 Å². The molecule has 2 amide bonds. The average molecular weight is 483 g/mol. The predicted octanol–water partition coefficient (Wildman–Crippen LogP) is 4.70. The number of nitrogens with two attached hydrogens (primary N) is 1. The zero-order chi connectivity index (χ0) is 24.1. The minimum Gasteiger partial charge on any atom is -0.384 e. The van der Waals surface area contributed by atoms with E-state index in [1.807, 2.05) is 0 Å². The summed E-state index contributed by atoms with van der Waals surface area (Å²) in [5.41, 5.74) is 3.68. The van der Waals surface area contributed by atoms with Crippen LogP contribution in [0.3, 0.4) is 0 Å². The van der Waals surface area contributed by atoms with E-state index in [-0.39, 0.29) is 39.4 Å². The molecule has 1 aliphatic heterocycles. The van der Waals surface area contributed by atoms with Crippen molar-refractivity contribution in [3.05, 3.63) is 87.1 Å². The van der Waals surface area contributed by atoms with Crippen molar-refractivity contribution < 1.29 is 31.5 Å². The molecule has 1 unspecified atom stereocenters. The molecule has 1 aromatic heterocycles. The molecule has 170 valence electrons. The van der Waals surface area contributed by atoms with Gasteiger partial charge in [-0.3, -0.25) is 9.59 Å². The summed E-state index contributed by atoms with van der Waals surface area (Å²) in [7, 11) is 0. The number of carbonyl (C=O) groups excluding carboxylic acids is 2. The van der Waals surface area contributed by atoms with Crippen LogP contribution in [-0.4, -0.2) is 16.8 Å². The minimum absolute atomic E-state index is 0.0718. The highest BCUT2D eigenvalue weighted by molar-refractivity contribution is 6.31. The summed E-state index contributed by atoms with van der Waals surface area (Å²) >= 11 is 6.15. The third-order valence-electron chi connectivity index (χ3n) is 4.86. The smallest absolute Gasteiger partial charge is 0.384 e. The van der Waals surface area contributed by atoms with E-state index in [2.05, 4.69) is 15.6 Å². The van der Waals surface area contributed by atoms with Crippen molar-refractivity contribution in [1.82, 2.24) is 10.3 Å². The summed E-state index contributed by atoms with van der Waals surface area (Å²) in [5.74, 6) is -3.89. The van der Waals surface area contributed by atoms with Gasteiger partial charge in [-0.2, -0.15) is 13.2 Å². The Hall–Kier alpha value is -3.73. The molecular formula is C21H12ClF5N4O2. The third-order valence-corrected chi connectivity index (χ3v) is 5.21. The molecule has 1 atom stereocenters. The van der Waals surface area contributed by atoms with Crippen LogP contribution in [0, 0.1) is 11.6 Å². The number of hydrogen-bond acceptors (Lipinski definition) is 4. The number of anilines is 2. The lowest BCUT2D eigenvalue weighted by Crippen LogP contribution is -2.21. The van der Waals surface area contributed by atoms with Gasteiger partial charge in [0.05, 0.1) is 17.3 Å². The van der Waals surface area contributed by atoms with E-state index in [1.54, 1.807) is 0 Å². The van der Waals surface area contributed by atoms with Gasteiger partial charge in [0.15, 0.2) is 0 Å². The van der Waals surface area contributed by atoms with Gasteiger partial charge in [-0.25, -0.2) is 13.8 Å². The molecule has 1 aliphatic rings. The number of benzene rings is 2. The fourth-order valence-electron chi connectivity index (χ4n) is 3.46. The maximum Gasteiger partial charge on any atom is 0.416 e. The van der Waals surface area contributed by atoms with E-state index in [0.29, 0.717) is 12.1 Å². The van der Waals surface area contributed by atoms with Crippen LogP contribution in [0.2, 0.25) is 5.02 Å². The first-order valence-corrected chi connectivity index (χ1v) is 9.57. The maximum absolute atomic E-state index is 13.8. The van der Waals surface area contributed by atoms with E-state index in [0.717, 1.165) is 12.1 Å². The summed E-state index contributed by atoms with van der Waals surface area (Å²) in [6.07, 6.45) is -4.88. The van der Waals surface area contributed by atoms with Crippen LogP contribution in [0.1, 0.15) is 43.6 Å². The first kappa shape index (κ1) is 22.5. The number of pyridine rings is 1. The molecule has 0 saturated heterocycles. The lowest BCUT2D eigenvalue weighted by Gasteiger charge is -2.18. The summed E-state index contributed by atoms with van der Waals surface area (Å²) in [6, 6.07) is 4.93. The van der Waals surface area contributed by atoms with E-state index < -0.39 is 46.8 Å². The summed E-state index contributed by atoms with van der Waals surface area (Å²) in [4.78, 5) is 29.1. The van der Waals surface area contributed by atoms with Gasteiger partial charge in [0, 0.05) is 27.8 Å². The lowest BCUT2D eigenvalue weighted by molar-refractivity contribution is -0.137. The van der Waals surface area contributed by atoms with Crippen LogP contribution in [0.4, 0.5) is 33.5 Å². The summed E-state index contributed by atoms with van der Waals surface area (Å²) in [5, 5.41) is 4.99. The Bertz CT molecular complexity index is 1310. The number of hydrogen-bond donors (Lipinski definition) is 3. The molecule has 0 spiro atoms. The number of nitrogen functional groups attached to an aromatic ring is 1. The van der Waals surface area contributed by atoms with Crippen molar-refractivity contribution >= 4 is 34.9 Å². The molecule has 4 N–H and O–H groups in total. The van der Waals surface area contributed by atoms with Crippen molar-refractivity contribution in [2.24, 2.45) is 0 Å². The number of carbonyl (C=O) groups is 2. The highest BCUT2D eigenvalue weighted by Crippen LogP contribution is 2.39. The molecule has 0 aliphatic carbocycles. The Kier molecular flexibility index (Phi) is 5.44. The Morgan fingerprint density at radius 2 is 1.82 bits per heavy atom. The topological polar surface area (TPSA) is 97.1 Å². The van der Waals surface area contributed by atoms with Crippen LogP contribution < -0.4 is 16.4 Å². The van der Waals surface area contributed by atoms with Gasteiger partial charge in [0.25, 0.3) is 11.8 Å². The van der Waals surface area contributed by atoms with Gasteiger partial charge >= 0.3 is 6.18 Å². The van der Waals surface area contributed by atoms with Gasteiger partial charge in [-0.05, 0) is 36.4 Å². The van der Waals surface area contributed by atoms with Gasteiger partial charge in [0.2, 0.25) is 0 Å². The highest BCUT2D eigenvalue weighted by atomic mass is 35.5. The first-order valence-electron chi connectivity index (χ1n) is 9.19. The Morgan fingerprint density at radius 3 is 2.52 bits per heavy atom. The van der Waals surface area contributed by atoms with E-state index in [4.69, 9.17) is 17.3 Å². The number of rotatable bonds is 3. The second kappa shape index (κ2) is 8.00. The number of fused-ring (bicyclic) bond motifs is 1. The second-order valence-corrected chi connectivity index (χ2v) is 7.52. The number of halogens is 6. The third kappa shape index (κ3) is 4.31. The number of aromatic nitrogens is 1. The monoisotopic (exact) mass is 482 g/mol. The van der Waals surface area contributed by atoms with Gasteiger partial charge in [-0.15, -0.1) is 0 Å². The van der Waals surface area contributed by atoms with Crippen molar-refractivity contribution in [1.29, 1.82) is 0 Å². The van der Waals surface area contributed by atoms with Crippen LogP contribution in [0.5, 0.6) is 0 Å². The highest BCUT2D eigenvalue weighted by Gasteiger charge is 2.36. The zero-order valence-electron chi connectivity index (χ0n) is 16.2. The van der Waals surface area contributed by atoms with Crippen LogP contribution in [0.15, 0.2) is 42.5 Å².